The summed E-state index contributed by atoms with van der Waals surface area (Å²) in [6, 6.07) is 6.86. The lowest BCUT2D eigenvalue weighted by Gasteiger charge is -2.12. The number of pyridine rings is 1. The summed E-state index contributed by atoms with van der Waals surface area (Å²) in [5.41, 5.74) is -0.506. The molecule has 0 saturated carbocycles. The van der Waals surface area contributed by atoms with Crippen LogP contribution in [0.5, 0.6) is 0 Å². The Morgan fingerprint density at radius 2 is 1.92 bits per heavy atom. The Balaban J connectivity index is 1.85. The van der Waals surface area contributed by atoms with E-state index in [1.165, 1.54) is 11.8 Å². The van der Waals surface area contributed by atoms with Crippen molar-refractivity contribution in [2.24, 2.45) is 0 Å². The van der Waals surface area contributed by atoms with Crippen LogP contribution in [0.3, 0.4) is 0 Å². The minimum Gasteiger partial charge on any atom is -0.346 e. The summed E-state index contributed by atoms with van der Waals surface area (Å²) >= 11 is 1.21. The fourth-order valence-electron chi connectivity index (χ4n) is 1.78. The molecule has 2 N–H and O–H groups in total. The topological polar surface area (TPSA) is 71.1 Å². The monoisotopic (exact) mass is 369 g/mol. The first-order valence-corrected chi connectivity index (χ1v) is 8.05. The average Bonchev–Trinajstić information content (AvgIpc) is 2.61. The van der Waals surface area contributed by atoms with Gasteiger partial charge in [0.25, 0.3) is 0 Å². The minimum absolute atomic E-state index is 0.420. The Labute approximate surface area is 146 Å². The number of anilines is 1. The fraction of sp³-hybridized carbons (Fsp3) is 0.188. The van der Waals surface area contributed by atoms with E-state index in [4.69, 9.17) is 0 Å². The highest BCUT2D eigenvalue weighted by atomic mass is 32.2. The first-order valence-electron chi connectivity index (χ1n) is 7.17. The number of halogens is 3. The standard InChI is InChI=1S/C16H14F3N3O2S/c1-9(25-13-4-2-3-7-20-13)16(24)21-8-12(23)22-11-6-5-10(17)14(18)15(11)19/h2-7,9H,8H2,1H3,(H,21,24)(H,22,23). The molecule has 1 aromatic heterocycles. The number of hydrogen-bond donors (Lipinski definition) is 2. The Hall–Kier alpha value is -2.55. The molecule has 2 aromatic rings. The fourth-order valence-corrected chi connectivity index (χ4v) is 2.61. The highest BCUT2D eigenvalue weighted by molar-refractivity contribution is 8.00. The van der Waals surface area contributed by atoms with Crippen LogP contribution < -0.4 is 10.6 Å². The number of hydrogen-bond acceptors (Lipinski definition) is 4. The van der Waals surface area contributed by atoms with Crippen LogP contribution in [0.25, 0.3) is 0 Å². The summed E-state index contributed by atoms with van der Waals surface area (Å²) in [5, 5.41) is 4.59. The van der Waals surface area contributed by atoms with E-state index in [2.05, 4.69) is 15.6 Å². The van der Waals surface area contributed by atoms with E-state index in [9.17, 15) is 22.8 Å². The van der Waals surface area contributed by atoms with Crippen LogP contribution >= 0.6 is 11.8 Å². The Morgan fingerprint density at radius 3 is 2.60 bits per heavy atom. The molecule has 1 heterocycles. The molecule has 1 unspecified atom stereocenters. The van der Waals surface area contributed by atoms with Gasteiger partial charge < -0.3 is 10.6 Å². The molecule has 25 heavy (non-hydrogen) atoms. The maximum Gasteiger partial charge on any atom is 0.243 e. The van der Waals surface area contributed by atoms with Crippen molar-refractivity contribution in [1.82, 2.24) is 10.3 Å². The lowest BCUT2D eigenvalue weighted by atomic mass is 10.2. The molecular formula is C16H14F3N3O2S. The largest absolute Gasteiger partial charge is 0.346 e. The molecule has 0 bridgehead atoms. The molecular weight excluding hydrogens is 355 g/mol. The molecule has 2 rings (SSSR count). The van der Waals surface area contributed by atoms with Gasteiger partial charge in [-0.05, 0) is 31.2 Å². The summed E-state index contributed by atoms with van der Waals surface area (Å²) in [6.45, 7) is 1.20. The number of nitrogens with zero attached hydrogens (tertiary/aromatic N) is 1. The highest BCUT2D eigenvalue weighted by Crippen LogP contribution is 2.21. The minimum atomic E-state index is -1.68. The Bertz CT molecular complexity index is 775. The zero-order chi connectivity index (χ0) is 18.4. The highest BCUT2D eigenvalue weighted by Gasteiger charge is 2.18. The van der Waals surface area contributed by atoms with E-state index < -0.39 is 46.7 Å². The summed E-state index contributed by atoms with van der Waals surface area (Å²) in [5.74, 6) is -5.73. The number of nitrogens with one attached hydrogen (secondary N) is 2. The number of thioether (sulfide) groups is 1. The number of aromatic nitrogens is 1. The zero-order valence-electron chi connectivity index (χ0n) is 13.1. The van der Waals surface area contributed by atoms with E-state index in [0.29, 0.717) is 11.1 Å². The SMILES string of the molecule is CC(Sc1ccccn1)C(=O)NCC(=O)Nc1ccc(F)c(F)c1F. The van der Waals surface area contributed by atoms with Crippen LogP contribution in [-0.4, -0.2) is 28.6 Å². The summed E-state index contributed by atoms with van der Waals surface area (Å²) in [4.78, 5) is 27.7. The van der Waals surface area contributed by atoms with Crippen LogP contribution in [-0.2, 0) is 9.59 Å². The van der Waals surface area contributed by atoms with Crippen LogP contribution in [0, 0.1) is 17.5 Å². The summed E-state index contributed by atoms with van der Waals surface area (Å²) < 4.78 is 39.4. The smallest absolute Gasteiger partial charge is 0.243 e. The molecule has 0 aliphatic heterocycles. The zero-order valence-corrected chi connectivity index (χ0v) is 13.9. The molecule has 0 saturated heterocycles. The van der Waals surface area contributed by atoms with Gasteiger partial charge in [-0.25, -0.2) is 18.2 Å². The Kier molecular flexibility index (Phi) is 6.40. The maximum atomic E-state index is 13.5. The van der Waals surface area contributed by atoms with Crippen molar-refractivity contribution in [3.8, 4) is 0 Å². The number of carbonyl (C=O) groups excluding carboxylic acids is 2. The Morgan fingerprint density at radius 1 is 1.16 bits per heavy atom. The van der Waals surface area contributed by atoms with Crippen molar-refractivity contribution in [1.29, 1.82) is 0 Å². The summed E-state index contributed by atoms with van der Waals surface area (Å²) in [6.07, 6.45) is 1.59. The molecule has 1 aromatic carbocycles. The third kappa shape index (κ3) is 5.21. The van der Waals surface area contributed by atoms with Crippen LogP contribution in [0.1, 0.15) is 6.92 Å². The summed E-state index contributed by atoms with van der Waals surface area (Å²) in [7, 11) is 0. The predicted molar refractivity (Wildman–Crippen MR) is 87.5 cm³/mol. The molecule has 1 atom stereocenters. The van der Waals surface area contributed by atoms with Gasteiger partial charge in [0.1, 0.15) is 0 Å². The second kappa shape index (κ2) is 8.52. The average molecular weight is 369 g/mol. The second-order valence-corrected chi connectivity index (χ2v) is 6.28. The molecule has 9 heteroatoms. The molecule has 0 spiro atoms. The van der Waals surface area contributed by atoms with Gasteiger partial charge in [0.2, 0.25) is 11.8 Å². The van der Waals surface area contributed by atoms with Gasteiger partial charge in [-0.1, -0.05) is 17.8 Å². The van der Waals surface area contributed by atoms with Gasteiger partial charge in [-0.3, -0.25) is 9.59 Å². The molecule has 2 amide bonds. The van der Waals surface area contributed by atoms with E-state index >= 15 is 0 Å². The van der Waals surface area contributed by atoms with E-state index in [-0.39, 0.29) is 0 Å². The van der Waals surface area contributed by atoms with Gasteiger partial charge in [-0.2, -0.15) is 0 Å². The molecule has 0 radical (unpaired) electrons. The number of rotatable bonds is 6. The first-order chi connectivity index (χ1) is 11.9. The van der Waals surface area contributed by atoms with Gasteiger partial charge in [0, 0.05) is 6.20 Å². The molecule has 132 valence electrons. The quantitative estimate of drug-likeness (QED) is 0.607. The van der Waals surface area contributed by atoms with Crippen LogP contribution in [0.4, 0.5) is 18.9 Å². The first kappa shape index (κ1) is 18.8. The van der Waals surface area contributed by atoms with Crippen molar-refractivity contribution in [3.05, 3.63) is 54.0 Å². The van der Waals surface area contributed by atoms with Crippen molar-refractivity contribution < 1.29 is 22.8 Å². The lowest BCUT2D eigenvalue weighted by Crippen LogP contribution is -2.37. The maximum absolute atomic E-state index is 13.5. The van der Waals surface area contributed by atoms with Crippen molar-refractivity contribution >= 4 is 29.3 Å². The lowest BCUT2D eigenvalue weighted by molar-refractivity contribution is -0.123. The van der Waals surface area contributed by atoms with Gasteiger partial charge in [-0.15, -0.1) is 0 Å². The van der Waals surface area contributed by atoms with Crippen molar-refractivity contribution in [3.63, 3.8) is 0 Å². The number of amides is 2. The van der Waals surface area contributed by atoms with Gasteiger partial charge in [0.05, 0.1) is 22.5 Å². The molecule has 0 fully saturated rings. The van der Waals surface area contributed by atoms with Gasteiger partial charge in [0.15, 0.2) is 17.5 Å². The molecule has 0 aliphatic rings. The van der Waals surface area contributed by atoms with Crippen molar-refractivity contribution in [2.45, 2.75) is 17.2 Å². The van der Waals surface area contributed by atoms with Crippen LogP contribution in [0.2, 0.25) is 0 Å². The number of benzene rings is 1. The third-order valence-electron chi connectivity index (χ3n) is 3.04. The predicted octanol–water partition coefficient (Wildman–Crippen LogP) is 2.73. The van der Waals surface area contributed by atoms with E-state index in [0.717, 1.165) is 6.07 Å². The van der Waals surface area contributed by atoms with Gasteiger partial charge >= 0.3 is 0 Å². The number of carbonyl (C=O) groups is 2. The van der Waals surface area contributed by atoms with E-state index in [1.807, 2.05) is 0 Å². The third-order valence-corrected chi connectivity index (χ3v) is 4.09. The van der Waals surface area contributed by atoms with E-state index in [1.54, 1.807) is 31.3 Å². The van der Waals surface area contributed by atoms with Crippen LogP contribution in [0.15, 0.2) is 41.6 Å². The molecule has 5 nitrogen and oxygen atoms in total. The molecule has 0 aliphatic carbocycles. The normalized spacial score (nSPS) is 11.7. The second-order valence-electron chi connectivity index (χ2n) is 4.92. The van der Waals surface area contributed by atoms with Crippen molar-refractivity contribution in [2.75, 3.05) is 11.9 Å².